The molecule has 0 radical (unpaired) electrons. The quantitative estimate of drug-likeness (QED) is 0.604. The van der Waals surface area contributed by atoms with Gasteiger partial charge in [-0.25, -0.2) is 4.79 Å². The summed E-state index contributed by atoms with van der Waals surface area (Å²) in [6, 6.07) is 2.23. The minimum atomic E-state index is -0.988. The molecule has 0 aromatic carbocycles. The largest absolute Gasteiger partial charge is 0.448 e. The van der Waals surface area contributed by atoms with E-state index in [0.717, 1.165) is 49.2 Å². The van der Waals surface area contributed by atoms with Gasteiger partial charge in [0, 0.05) is 4.88 Å². The third-order valence-corrected chi connectivity index (χ3v) is 6.45. The van der Waals surface area contributed by atoms with Crippen LogP contribution in [0.15, 0.2) is 0 Å². The Bertz CT molecular complexity index is 897. The molecular formula is C18H20N4O3S2. The van der Waals surface area contributed by atoms with Gasteiger partial charge in [0.2, 0.25) is 0 Å². The van der Waals surface area contributed by atoms with Crippen LogP contribution in [0.1, 0.15) is 64.5 Å². The smallest absolute Gasteiger partial charge is 0.352 e. The number of carbonyl (C=O) groups excluding carboxylic acids is 2. The van der Waals surface area contributed by atoms with Crippen molar-refractivity contribution in [3.63, 3.8) is 0 Å². The molecule has 27 heavy (non-hydrogen) atoms. The molecule has 0 bridgehead atoms. The number of ether oxygens (including phenoxy) is 1. The van der Waals surface area contributed by atoms with Gasteiger partial charge in [-0.2, -0.15) is 5.26 Å². The van der Waals surface area contributed by atoms with Gasteiger partial charge in [0.15, 0.2) is 11.0 Å². The van der Waals surface area contributed by atoms with Gasteiger partial charge in [0.05, 0.1) is 11.3 Å². The van der Waals surface area contributed by atoms with Crippen LogP contribution in [0.5, 0.6) is 0 Å². The van der Waals surface area contributed by atoms with Crippen LogP contribution in [-0.2, 0) is 28.8 Å². The molecule has 0 saturated heterocycles. The fourth-order valence-electron chi connectivity index (χ4n) is 3.03. The topological polar surface area (TPSA) is 105 Å². The maximum absolute atomic E-state index is 12.5. The number of hydrogen-bond acceptors (Lipinski definition) is 8. The Labute approximate surface area is 165 Å². The van der Waals surface area contributed by atoms with E-state index in [1.807, 2.05) is 6.92 Å². The molecule has 3 rings (SSSR count). The number of anilines is 1. The van der Waals surface area contributed by atoms with Gasteiger partial charge in [0.1, 0.15) is 11.1 Å². The predicted octanol–water partition coefficient (Wildman–Crippen LogP) is 3.49. The summed E-state index contributed by atoms with van der Waals surface area (Å²) in [5.74, 6) is -1.06. The number of thiophene rings is 1. The number of carbonyl (C=O) groups is 2. The number of hydrogen-bond donors (Lipinski definition) is 1. The Kier molecular flexibility index (Phi) is 6.19. The number of aromatic nitrogens is 2. The molecule has 2 aromatic rings. The number of nitrogens with one attached hydrogen (secondary N) is 1. The molecule has 7 nitrogen and oxygen atoms in total. The lowest BCUT2D eigenvalue weighted by atomic mass is 10.1. The summed E-state index contributed by atoms with van der Waals surface area (Å²) in [5, 5.41) is 16.7. The van der Waals surface area contributed by atoms with Crippen molar-refractivity contribution in [3.8, 4) is 6.07 Å². The molecule has 0 saturated carbocycles. The first-order chi connectivity index (χ1) is 13.0. The van der Waals surface area contributed by atoms with E-state index in [0.29, 0.717) is 27.6 Å². The van der Waals surface area contributed by atoms with Gasteiger partial charge in [-0.15, -0.1) is 16.4 Å². The monoisotopic (exact) mass is 404 g/mol. The van der Waals surface area contributed by atoms with Crippen LogP contribution in [-0.4, -0.2) is 27.6 Å². The van der Waals surface area contributed by atoms with Gasteiger partial charge in [-0.3, -0.25) is 4.79 Å². The van der Waals surface area contributed by atoms with Crippen molar-refractivity contribution in [1.82, 2.24) is 9.59 Å². The lowest BCUT2D eigenvalue weighted by Crippen LogP contribution is -2.30. The van der Waals surface area contributed by atoms with E-state index in [1.165, 1.54) is 23.1 Å². The zero-order valence-electron chi connectivity index (χ0n) is 15.2. The zero-order valence-corrected chi connectivity index (χ0v) is 16.8. The average Bonchev–Trinajstić information content (AvgIpc) is 3.19. The molecule has 0 aliphatic heterocycles. The number of rotatable bonds is 5. The second-order valence-corrected chi connectivity index (χ2v) is 8.18. The summed E-state index contributed by atoms with van der Waals surface area (Å²) in [4.78, 5) is 26.2. The number of nitrogens with zero attached hydrogens (tertiary/aromatic N) is 3. The van der Waals surface area contributed by atoms with Gasteiger partial charge >= 0.3 is 5.97 Å². The van der Waals surface area contributed by atoms with Crippen LogP contribution in [0.4, 0.5) is 5.00 Å². The van der Waals surface area contributed by atoms with Gasteiger partial charge in [-0.05, 0) is 56.1 Å². The summed E-state index contributed by atoms with van der Waals surface area (Å²) < 4.78 is 9.03. The van der Waals surface area contributed by atoms with E-state index < -0.39 is 18.0 Å². The van der Waals surface area contributed by atoms with Crippen LogP contribution in [0.2, 0.25) is 0 Å². The van der Waals surface area contributed by atoms with Crippen molar-refractivity contribution in [2.45, 2.75) is 58.5 Å². The van der Waals surface area contributed by atoms with Crippen molar-refractivity contribution in [3.05, 3.63) is 26.6 Å². The van der Waals surface area contributed by atoms with Gasteiger partial charge < -0.3 is 10.1 Å². The summed E-state index contributed by atoms with van der Waals surface area (Å²) >= 11 is 2.41. The third kappa shape index (κ3) is 4.17. The van der Waals surface area contributed by atoms with E-state index in [9.17, 15) is 14.9 Å². The van der Waals surface area contributed by atoms with Gasteiger partial charge in [-0.1, -0.05) is 17.8 Å². The molecule has 142 valence electrons. The number of aryl methyl sites for hydroxylation is 2. The Morgan fingerprint density at radius 3 is 2.85 bits per heavy atom. The molecule has 1 atom stereocenters. The van der Waals surface area contributed by atoms with Crippen LogP contribution < -0.4 is 5.32 Å². The maximum Gasteiger partial charge on any atom is 0.352 e. The number of nitriles is 1. The van der Waals surface area contributed by atoms with Crippen molar-refractivity contribution >= 4 is 39.7 Å². The summed E-state index contributed by atoms with van der Waals surface area (Å²) in [7, 11) is 0. The summed E-state index contributed by atoms with van der Waals surface area (Å²) in [5.41, 5.74) is 2.17. The Morgan fingerprint density at radius 2 is 2.11 bits per heavy atom. The number of esters is 1. The molecule has 2 aromatic heterocycles. The molecule has 0 unspecified atom stereocenters. The molecule has 0 fully saturated rings. The lowest BCUT2D eigenvalue weighted by Gasteiger charge is -2.12. The molecule has 1 amide bonds. The van der Waals surface area contributed by atoms with E-state index >= 15 is 0 Å². The summed E-state index contributed by atoms with van der Waals surface area (Å²) in [6.45, 7) is 3.38. The fourth-order valence-corrected chi connectivity index (χ4v) is 4.90. The minimum Gasteiger partial charge on any atom is -0.448 e. The molecule has 2 heterocycles. The Balaban J connectivity index is 1.70. The molecule has 0 spiro atoms. The Hall–Kier alpha value is -2.31. The normalized spacial score (nSPS) is 14.6. The standard InChI is InChI=1S/C18H20N4O3S2/c1-3-13-15(27-22-21-13)18(24)25-10(2)16(23)20-17-12(9-19)11-7-5-4-6-8-14(11)26-17/h10H,3-8H2,1-2H3,(H,20,23)/t10-/m1/s1. The first-order valence-corrected chi connectivity index (χ1v) is 10.5. The SMILES string of the molecule is CCc1nnsc1C(=O)O[C@H](C)C(=O)Nc1sc2c(c1C#N)CCCCC2. The van der Waals surface area contributed by atoms with Crippen LogP contribution in [0, 0.1) is 11.3 Å². The molecule has 1 N–H and O–H groups in total. The third-order valence-electron chi connectivity index (χ3n) is 4.50. The van der Waals surface area contributed by atoms with E-state index in [4.69, 9.17) is 4.74 Å². The van der Waals surface area contributed by atoms with Crippen molar-refractivity contribution < 1.29 is 14.3 Å². The lowest BCUT2D eigenvalue weighted by molar-refractivity contribution is -0.123. The minimum absolute atomic E-state index is 0.317. The maximum atomic E-state index is 12.5. The molecular weight excluding hydrogens is 384 g/mol. The molecule has 1 aliphatic carbocycles. The highest BCUT2D eigenvalue weighted by atomic mass is 32.1. The van der Waals surface area contributed by atoms with E-state index in [-0.39, 0.29) is 0 Å². The van der Waals surface area contributed by atoms with Crippen LogP contribution >= 0.6 is 22.9 Å². The molecule has 1 aliphatic rings. The number of amides is 1. The molecule has 9 heteroatoms. The zero-order chi connectivity index (χ0) is 19.4. The first-order valence-electron chi connectivity index (χ1n) is 8.92. The van der Waals surface area contributed by atoms with Crippen LogP contribution in [0.3, 0.4) is 0 Å². The predicted molar refractivity (Wildman–Crippen MR) is 103 cm³/mol. The van der Waals surface area contributed by atoms with Crippen LogP contribution in [0.25, 0.3) is 0 Å². The average molecular weight is 405 g/mol. The second-order valence-electron chi connectivity index (χ2n) is 6.32. The van der Waals surface area contributed by atoms with E-state index in [1.54, 1.807) is 0 Å². The fraction of sp³-hybridized carbons (Fsp3) is 0.500. The second kappa shape index (κ2) is 8.59. The first kappa shape index (κ1) is 19.5. The highest BCUT2D eigenvalue weighted by Gasteiger charge is 2.26. The highest BCUT2D eigenvalue weighted by molar-refractivity contribution is 7.16. The van der Waals surface area contributed by atoms with Crippen molar-refractivity contribution in [2.75, 3.05) is 5.32 Å². The summed E-state index contributed by atoms with van der Waals surface area (Å²) in [6.07, 6.45) is 4.70. The van der Waals surface area contributed by atoms with Crippen molar-refractivity contribution in [2.24, 2.45) is 0 Å². The Morgan fingerprint density at radius 1 is 1.33 bits per heavy atom. The van der Waals surface area contributed by atoms with Crippen molar-refractivity contribution in [1.29, 1.82) is 5.26 Å². The number of fused-ring (bicyclic) bond motifs is 1. The highest BCUT2D eigenvalue weighted by Crippen LogP contribution is 2.37. The van der Waals surface area contributed by atoms with Gasteiger partial charge in [0.25, 0.3) is 5.91 Å². The van der Waals surface area contributed by atoms with E-state index in [2.05, 4.69) is 21.0 Å².